The molecule has 0 aromatic carbocycles. The molecule has 5 nitrogen and oxygen atoms in total. The average Bonchev–Trinajstić information content (AvgIpc) is 2.84. The second kappa shape index (κ2) is 4.80. The molecule has 3 unspecified atom stereocenters. The van der Waals surface area contributed by atoms with Crippen molar-refractivity contribution in [3.63, 3.8) is 0 Å². The molecule has 0 bridgehead atoms. The SMILES string of the molecule is COc1cnn(C(C)C)c1C(NN)C1CC2CC2C1. The van der Waals surface area contributed by atoms with Gasteiger partial charge < -0.3 is 4.74 Å². The lowest BCUT2D eigenvalue weighted by Gasteiger charge is -2.26. The van der Waals surface area contributed by atoms with E-state index in [1.807, 2.05) is 4.68 Å². The minimum Gasteiger partial charge on any atom is -0.493 e. The number of hydrogen-bond donors (Lipinski definition) is 2. The molecule has 2 saturated carbocycles. The van der Waals surface area contributed by atoms with E-state index in [0.29, 0.717) is 12.0 Å². The summed E-state index contributed by atoms with van der Waals surface area (Å²) in [6.07, 6.45) is 5.79. The first-order valence-electron chi connectivity index (χ1n) is 7.23. The number of nitrogens with zero attached hydrogens (tertiary/aromatic N) is 2. The van der Waals surface area contributed by atoms with Gasteiger partial charge in [-0.3, -0.25) is 16.0 Å². The zero-order chi connectivity index (χ0) is 13.6. The Morgan fingerprint density at radius 1 is 1.37 bits per heavy atom. The number of rotatable bonds is 5. The van der Waals surface area contributed by atoms with E-state index in [4.69, 9.17) is 10.6 Å². The van der Waals surface area contributed by atoms with Crippen LogP contribution in [0.15, 0.2) is 6.20 Å². The van der Waals surface area contributed by atoms with Crippen molar-refractivity contribution in [1.29, 1.82) is 0 Å². The Morgan fingerprint density at radius 2 is 2.05 bits per heavy atom. The highest BCUT2D eigenvalue weighted by molar-refractivity contribution is 5.30. The van der Waals surface area contributed by atoms with Gasteiger partial charge in [-0.25, -0.2) is 0 Å². The fourth-order valence-corrected chi connectivity index (χ4v) is 3.69. The van der Waals surface area contributed by atoms with Crippen LogP contribution in [-0.2, 0) is 0 Å². The second-order valence-electron chi connectivity index (χ2n) is 6.27. The smallest absolute Gasteiger partial charge is 0.161 e. The molecule has 106 valence electrons. The summed E-state index contributed by atoms with van der Waals surface area (Å²) in [5, 5.41) is 4.45. The number of methoxy groups -OCH3 is 1. The molecule has 0 amide bonds. The first-order chi connectivity index (χ1) is 9.15. The summed E-state index contributed by atoms with van der Waals surface area (Å²) in [7, 11) is 1.70. The van der Waals surface area contributed by atoms with Gasteiger partial charge in [0.25, 0.3) is 0 Å². The summed E-state index contributed by atoms with van der Waals surface area (Å²) in [5.41, 5.74) is 4.12. The summed E-state index contributed by atoms with van der Waals surface area (Å²) >= 11 is 0. The van der Waals surface area contributed by atoms with Gasteiger partial charge in [0.05, 0.1) is 25.0 Å². The maximum absolute atomic E-state index is 5.85. The van der Waals surface area contributed by atoms with Crippen molar-refractivity contribution in [1.82, 2.24) is 15.2 Å². The molecule has 1 aromatic rings. The zero-order valence-corrected chi connectivity index (χ0v) is 12.0. The molecule has 0 saturated heterocycles. The van der Waals surface area contributed by atoms with Crippen molar-refractivity contribution in [2.24, 2.45) is 23.6 Å². The Bertz CT molecular complexity index is 446. The molecule has 1 heterocycles. The number of fused-ring (bicyclic) bond motifs is 1. The largest absolute Gasteiger partial charge is 0.493 e. The van der Waals surface area contributed by atoms with E-state index in [2.05, 4.69) is 24.4 Å². The van der Waals surface area contributed by atoms with Crippen LogP contribution in [0.25, 0.3) is 0 Å². The molecule has 2 aliphatic rings. The number of ether oxygens (including phenoxy) is 1. The predicted octanol–water partition coefficient (Wildman–Crippen LogP) is 2.02. The summed E-state index contributed by atoms with van der Waals surface area (Å²) in [4.78, 5) is 0. The van der Waals surface area contributed by atoms with Crippen molar-refractivity contribution in [3.8, 4) is 5.75 Å². The van der Waals surface area contributed by atoms with E-state index in [-0.39, 0.29) is 6.04 Å². The molecule has 19 heavy (non-hydrogen) atoms. The first-order valence-corrected chi connectivity index (χ1v) is 7.23. The van der Waals surface area contributed by atoms with Crippen LogP contribution in [0, 0.1) is 17.8 Å². The summed E-state index contributed by atoms with van der Waals surface area (Å²) in [6.45, 7) is 4.27. The van der Waals surface area contributed by atoms with E-state index < -0.39 is 0 Å². The molecule has 3 rings (SSSR count). The van der Waals surface area contributed by atoms with Gasteiger partial charge in [-0.2, -0.15) is 5.10 Å². The van der Waals surface area contributed by atoms with Crippen molar-refractivity contribution in [2.75, 3.05) is 7.11 Å². The van der Waals surface area contributed by atoms with Gasteiger partial charge in [-0.05, 0) is 50.9 Å². The molecular formula is C14H24N4O. The Morgan fingerprint density at radius 3 is 2.58 bits per heavy atom. The molecule has 5 heteroatoms. The Kier molecular flexibility index (Phi) is 3.27. The van der Waals surface area contributed by atoms with Crippen molar-refractivity contribution < 1.29 is 4.74 Å². The van der Waals surface area contributed by atoms with E-state index in [1.54, 1.807) is 13.3 Å². The standard InChI is InChI=1S/C14H24N4O/c1-8(2)18-14(12(19-3)7-16-18)13(17-15)11-5-9-4-10(9)6-11/h7-11,13,17H,4-6,15H2,1-3H3. The summed E-state index contributed by atoms with van der Waals surface area (Å²) in [5.74, 6) is 9.20. The van der Waals surface area contributed by atoms with Crippen LogP contribution in [0.1, 0.15) is 50.9 Å². The molecule has 3 N–H and O–H groups in total. The summed E-state index contributed by atoms with van der Waals surface area (Å²) < 4.78 is 7.51. The average molecular weight is 264 g/mol. The third kappa shape index (κ3) is 2.15. The van der Waals surface area contributed by atoms with Crippen LogP contribution in [0.2, 0.25) is 0 Å². The number of hydrogen-bond acceptors (Lipinski definition) is 4. The molecule has 3 atom stereocenters. The van der Waals surface area contributed by atoms with E-state index in [9.17, 15) is 0 Å². The van der Waals surface area contributed by atoms with Crippen LogP contribution in [0.3, 0.4) is 0 Å². The molecular weight excluding hydrogens is 240 g/mol. The first kappa shape index (κ1) is 12.9. The minimum atomic E-state index is 0.146. The van der Waals surface area contributed by atoms with Gasteiger partial charge in [-0.1, -0.05) is 0 Å². The van der Waals surface area contributed by atoms with Crippen LogP contribution < -0.4 is 16.0 Å². The molecule has 0 radical (unpaired) electrons. The van der Waals surface area contributed by atoms with Gasteiger partial charge in [0.2, 0.25) is 0 Å². The van der Waals surface area contributed by atoms with Crippen molar-refractivity contribution >= 4 is 0 Å². The normalized spacial score (nSPS) is 30.5. The second-order valence-corrected chi connectivity index (χ2v) is 6.27. The number of nitrogens with one attached hydrogen (secondary N) is 1. The zero-order valence-electron chi connectivity index (χ0n) is 12.0. The molecule has 1 aromatic heterocycles. The van der Waals surface area contributed by atoms with Crippen LogP contribution >= 0.6 is 0 Å². The molecule has 2 aliphatic carbocycles. The lowest BCUT2D eigenvalue weighted by atomic mass is 9.92. The van der Waals surface area contributed by atoms with E-state index in [1.165, 1.54) is 19.3 Å². The number of aromatic nitrogens is 2. The maximum Gasteiger partial charge on any atom is 0.161 e. The van der Waals surface area contributed by atoms with Crippen molar-refractivity contribution in [2.45, 2.75) is 45.2 Å². The van der Waals surface area contributed by atoms with Gasteiger partial charge in [0.15, 0.2) is 5.75 Å². The molecule has 2 fully saturated rings. The van der Waals surface area contributed by atoms with Gasteiger partial charge in [0, 0.05) is 6.04 Å². The molecule has 0 aliphatic heterocycles. The van der Waals surface area contributed by atoms with Crippen LogP contribution in [0.4, 0.5) is 0 Å². The van der Waals surface area contributed by atoms with Crippen molar-refractivity contribution in [3.05, 3.63) is 11.9 Å². The summed E-state index contributed by atoms with van der Waals surface area (Å²) in [6, 6.07) is 0.457. The topological polar surface area (TPSA) is 65.1 Å². The highest BCUT2D eigenvalue weighted by Gasteiger charge is 2.49. The Labute approximate surface area is 114 Å². The van der Waals surface area contributed by atoms with Gasteiger partial charge in [-0.15, -0.1) is 0 Å². The van der Waals surface area contributed by atoms with E-state index >= 15 is 0 Å². The number of nitrogens with two attached hydrogens (primary N) is 1. The quantitative estimate of drug-likeness (QED) is 0.631. The van der Waals surface area contributed by atoms with E-state index in [0.717, 1.165) is 23.3 Å². The van der Waals surface area contributed by atoms with Crippen LogP contribution in [-0.4, -0.2) is 16.9 Å². The third-order valence-corrected chi connectivity index (χ3v) is 4.73. The number of hydrazine groups is 1. The predicted molar refractivity (Wildman–Crippen MR) is 73.5 cm³/mol. The maximum atomic E-state index is 5.85. The lowest BCUT2D eigenvalue weighted by molar-refractivity contribution is 0.306. The third-order valence-electron chi connectivity index (χ3n) is 4.73. The highest BCUT2D eigenvalue weighted by Crippen LogP contribution is 2.57. The van der Waals surface area contributed by atoms with Crippen LogP contribution in [0.5, 0.6) is 5.75 Å². The van der Waals surface area contributed by atoms with Gasteiger partial charge in [0.1, 0.15) is 0 Å². The fourth-order valence-electron chi connectivity index (χ4n) is 3.69. The Hall–Kier alpha value is -1.07. The monoisotopic (exact) mass is 264 g/mol. The fraction of sp³-hybridized carbons (Fsp3) is 0.786. The highest BCUT2D eigenvalue weighted by atomic mass is 16.5. The van der Waals surface area contributed by atoms with Gasteiger partial charge >= 0.3 is 0 Å². The minimum absolute atomic E-state index is 0.146. The molecule has 0 spiro atoms. The Balaban J connectivity index is 1.90. The lowest BCUT2D eigenvalue weighted by Crippen LogP contribution is -2.35.